The third-order valence-electron chi connectivity index (χ3n) is 2.18. The Morgan fingerprint density at radius 1 is 1.11 bits per heavy atom. The molecule has 0 aliphatic carbocycles. The lowest BCUT2D eigenvalue weighted by Crippen LogP contribution is -2.11. The summed E-state index contributed by atoms with van der Waals surface area (Å²) in [6.07, 6.45) is 4.61. The van der Waals surface area contributed by atoms with Crippen LogP contribution in [0.2, 0.25) is 0 Å². The molecule has 9 nitrogen and oxygen atoms in total. The van der Waals surface area contributed by atoms with Crippen molar-refractivity contribution < 1.29 is 0 Å². The highest BCUT2D eigenvalue weighted by molar-refractivity contribution is 5.27. The van der Waals surface area contributed by atoms with Crippen LogP contribution in [0, 0.1) is 6.92 Å². The van der Waals surface area contributed by atoms with Gasteiger partial charge in [-0.15, -0.1) is 0 Å². The highest BCUT2D eigenvalue weighted by Crippen LogP contribution is 2.06. The molecular formula is C9H9N9. The summed E-state index contributed by atoms with van der Waals surface area (Å²) in [5.41, 5.74) is 6.50. The third-order valence-corrected chi connectivity index (χ3v) is 2.18. The van der Waals surface area contributed by atoms with Gasteiger partial charge in [-0.2, -0.15) is 29.8 Å². The second-order valence-corrected chi connectivity index (χ2v) is 3.54. The van der Waals surface area contributed by atoms with Gasteiger partial charge in [0.2, 0.25) is 5.95 Å². The molecular weight excluding hydrogens is 234 g/mol. The first-order valence-electron chi connectivity index (χ1n) is 5.11. The van der Waals surface area contributed by atoms with E-state index < -0.39 is 0 Å². The molecule has 3 heterocycles. The average molecular weight is 243 g/mol. The van der Waals surface area contributed by atoms with Gasteiger partial charge in [-0.05, 0) is 13.0 Å². The molecule has 3 aromatic rings. The molecule has 0 aliphatic rings. The second kappa shape index (κ2) is 3.87. The summed E-state index contributed by atoms with van der Waals surface area (Å²) in [5, 5.41) is 8.14. The summed E-state index contributed by atoms with van der Waals surface area (Å²) < 4.78 is 2.92. The van der Waals surface area contributed by atoms with Crippen molar-refractivity contribution in [2.75, 3.05) is 5.73 Å². The number of hydrogen-bond donors (Lipinski definition) is 1. The molecule has 0 atom stereocenters. The minimum Gasteiger partial charge on any atom is -0.368 e. The van der Waals surface area contributed by atoms with E-state index in [0.29, 0.717) is 11.9 Å². The summed E-state index contributed by atoms with van der Waals surface area (Å²) >= 11 is 0. The number of rotatable bonds is 2. The normalized spacial score (nSPS) is 10.7. The topological polar surface area (TPSA) is 113 Å². The fraction of sp³-hybridized carbons (Fsp3) is 0.111. The zero-order valence-corrected chi connectivity index (χ0v) is 9.46. The molecule has 2 N–H and O–H groups in total. The van der Waals surface area contributed by atoms with Crippen LogP contribution in [0.15, 0.2) is 24.9 Å². The van der Waals surface area contributed by atoms with E-state index in [9.17, 15) is 0 Å². The van der Waals surface area contributed by atoms with Crippen LogP contribution in [0.25, 0.3) is 11.9 Å². The number of nitrogen functional groups attached to an aromatic ring is 1. The monoisotopic (exact) mass is 243 g/mol. The molecule has 0 radical (unpaired) electrons. The molecule has 3 rings (SSSR count). The van der Waals surface area contributed by atoms with E-state index in [0.717, 1.165) is 5.69 Å². The number of nitrogens with zero attached hydrogens (tertiary/aromatic N) is 8. The first-order chi connectivity index (χ1) is 8.72. The van der Waals surface area contributed by atoms with Gasteiger partial charge < -0.3 is 5.73 Å². The summed E-state index contributed by atoms with van der Waals surface area (Å²) in [6, 6.07) is 1.84. The average Bonchev–Trinajstić information content (AvgIpc) is 2.98. The zero-order chi connectivity index (χ0) is 12.5. The molecule has 90 valence electrons. The van der Waals surface area contributed by atoms with Crippen LogP contribution in [-0.2, 0) is 0 Å². The molecule has 3 aromatic heterocycles. The maximum atomic E-state index is 5.64. The number of hydrogen-bond acceptors (Lipinski definition) is 7. The molecule has 0 saturated heterocycles. The Hall–Kier alpha value is -2.84. The van der Waals surface area contributed by atoms with Gasteiger partial charge >= 0.3 is 0 Å². The SMILES string of the molecule is Cc1ccn(-c2nc(N)nc(-n3cncn3)n2)n1. The maximum Gasteiger partial charge on any atom is 0.258 e. The smallest absolute Gasteiger partial charge is 0.258 e. The van der Waals surface area contributed by atoms with Crippen LogP contribution in [0.4, 0.5) is 5.95 Å². The molecule has 0 fully saturated rings. The Balaban J connectivity index is 2.11. The van der Waals surface area contributed by atoms with Gasteiger partial charge in [0, 0.05) is 6.20 Å². The van der Waals surface area contributed by atoms with E-state index in [1.807, 2.05) is 13.0 Å². The van der Waals surface area contributed by atoms with Crippen molar-refractivity contribution in [2.24, 2.45) is 0 Å². The summed E-state index contributed by atoms with van der Waals surface area (Å²) in [6.45, 7) is 1.87. The Morgan fingerprint density at radius 2 is 1.89 bits per heavy atom. The van der Waals surface area contributed by atoms with Gasteiger partial charge in [-0.1, -0.05) is 0 Å². The predicted molar refractivity (Wildman–Crippen MR) is 61.0 cm³/mol. The number of nitrogens with two attached hydrogens (primary N) is 1. The van der Waals surface area contributed by atoms with Crippen molar-refractivity contribution in [3.8, 4) is 11.9 Å². The van der Waals surface area contributed by atoms with E-state index in [4.69, 9.17) is 5.73 Å². The highest BCUT2D eigenvalue weighted by atomic mass is 15.4. The Bertz CT molecular complexity index is 669. The van der Waals surface area contributed by atoms with Crippen LogP contribution in [-0.4, -0.2) is 39.5 Å². The predicted octanol–water partition coefficient (Wildman–Crippen LogP) is -0.471. The van der Waals surface area contributed by atoms with Crippen LogP contribution < -0.4 is 5.73 Å². The molecule has 0 spiro atoms. The van der Waals surface area contributed by atoms with Crippen molar-refractivity contribution in [1.82, 2.24) is 39.5 Å². The van der Waals surface area contributed by atoms with E-state index in [1.165, 1.54) is 22.0 Å². The van der Waals surface area contributed by atoms with Crippen molar-refractivity contribution >= 4 is 5.95 Å². The van der Waals surface area contributed by atoms with Gasteiger partial charge in [0.25, 0.3) is 11.9 Å². The van der Waals surface area contributed by atoms with Gasteiger partial charge in [-0.3, -0.25) is 0 Å². The maximum absolute atomic E-state index is 5.64. The Labute approximate surface area is 101 Å². The number of aromatic nitrogens is 8. The zero-order valence-electron chi connectivity index (χ0n) is 9.46. The fourth-order valence-corrected chi connectivity index (χ4v) is 1.41. The first-order valence-corrected chi connectivity index (χ1v) is 5.11. The number of anilines is 1. The molecule has 18 heavy (non-hydrogen) atoms. The third kappa shape index (κ3) is 1.77. The lowest BCUT2D eigenvalue weighted by Gasteiger charge is -2.03. The van der Waals surface area contributed by atoms with Crippen LogP contribution >= 0.6 is 0 Å². The van der Waals surface area contributed by atoms with Gasteiger partial charge in [0.1, 0.15) is 12.7 Å². The van der Waals surface area contributed by atoms with E-state index in [2.05, 4.69) is 30.1 Å². The van der Waals surface area contributed by atoms with Gasteiger partial charge in [0.15, 0.2) is 0 Å². The Morgan fingerprint density at radius 3 is 2.50 bits per heavy atom. The first kappa shape index (κ1) is 10.3. The quantitative estimate of drug-likeness (QED) is 0.647. The van der Waals surface area contributed by atoms with Crippen LogP contribution in [0.1, 0.15) is 5.69 Å². The minimum atomic E-state index is 0.0960. The van der Waals surface area contributed by atoms with Crippen LogP contribution in [0.5, 0.6) is 0 Å². The molecule has 9 heteroatoms. The molecule has 0 amide bonds. The molecule has 0 unspecified atom stereocenters. The highest BCUT2D eigenvalue weighted by Gasteiger charge is 2.09. The molecule has 0 aromatic carbocycles. The van der Waals surface area contributed by atoms with Crippen molar-refractivity contribution in [2.45, 2.75) is 6.92 Å². The van der Waals surface area contributed by atoms with Crippen molar-refractivity contribution in [3.63, 3.8) is 0 Å². The molecule has 0 aliphatic heterocycles. The lowest BCUT2D eigenvalue weighted by molar-refractivity contribution is 0.743. The number of aryl methyl sites for hydroxylation is 1. The molecule has 0 saturated carbocycles. The van der Waals surface area contributed by atoms with Crippen molar-refractivity contribution in [3.05, 3.63) is 30.6 Å². The van der Waals surface area contributed by atoms with E-state index in [-0.39, 0.29) is 5.95 Å². The van der Waals surface area contributed by atoms with Gasteiger partial charge in [0.05, 0.1) is 5.69 Å². The lowest BCUT2D eigenvalue weighted by atomic mass is 10.5. The minimum absolute atomic E-state index is 0.0960. The summed E-state index contributed by atoms with van der Waals surface area (Å²) in [4.78, 5) is 16.0. The summed E-state index contributed by atoms with van der Waals surface area (Å²) in [5.74, 6) is 0.725. The standard InChI is InChI=1S/C9H9N9/c1-6-2-3-17(16-6)8-13-7(10)14-9(15-8)18-5-11-4-12-18/h2-5H,1H3,(H2,10,13,14,15). The largest absolute Gasteiger partial charge is 0.368 e. The molecule has 0 bridgehead atoms. The van der Waals surface area contributed by atoms with Gasteiger partial charge in [-0.25, -0.2) is 9.67 Å². The fourth-order valence-electron chi connectivity index (χ4n) is 1.41. The Kier molecular flexibility index (Phi) is 2.22. The second-order valence-electron chi connectivity index (χ2n) is 3.54. The van der Waals surface area contributed by atoms with Crippen LogP contribution in [0.3, 0.4) is 0 Å². The van der Waals surface area contributed by atoms with E-state index in [1.54, 1.807) is 6.20 Å². The van der Waals surface area contributed by atoms with E-state index >= 15 is 0 Å². The van der Waals surface area contributed by atoms with Crippen molar-refractivity contribution in [1.29, 1.82) is 0 Å². The summed E-state index contributed by atoms with van der Waals surface area (Å²) in [7, 11) is 0.